The van der Waals surface area contributed by atoms with E-state index in [0.29, 0.717) is 29.4 Å². The molecule has 7 nitrogen and oxygen atoms in total. The van der Waals surface area contributed by atoms with E-state index in [1.165, 1.54) is 0 Å². The van der Waals surface area contributed by atoms with Crippen molar-refractivity contribution in [2.45, 2.75) is 49.9 Å². The molecule has 5 rings (SSSR count). The Balaban J connectivity index is 1.40. The van der Waals surface area contributed by atoms with Gasteiger partial charge in [0.15, 0.2) is 0 Å². The molecule has 0 bridgehead atoms. The number of rotatable bonds is 5. The van der Waals surface area contributed by atoms with Crippen LogP contribution in [0.2, 0.25) is 5.02 Å². The van der Waals surface area contributed by atoms with Gasteiger partial charge in [0.2, 0.25) is 10.0 Å². The Kier molecular flexibility index (Phi) is 5.03. The van der Waals surface area contributed by atoms with Crippen molar-refractivity contribution in [3.05, 3.63) is 52.8 Å². The van der Waals surface area contributed by atoms with Gasteiger partial charge in [0.25, 0.3) is 5.91 Å². The smallest absolute Gasteiger partial charge is 0.259 e. The molecule has 3 heterocycles. The maximum atomic E-state index is 13.3. The standard InChI is InChI=1S/C23H27ClN4O3S/c1-23(2)21-10-15(24)4-7-20(21)22(29)28(23)18-11-17(12-25-13-18)26(3)16-8-9-27(14-16)32(30,31)19-5-6-19/h4,7,10-13,16,19H,5-6,8-9,14H2,1-3H3/t16-/m0/s1. The molecule has 0 N–H and O–H groups in total. The van der Waals surface area contributed by atoms with E-state index in [9.17, 15) is 13.2 Å². The summed E-state index contributed by atoms with van der Waals surface area (Å²) in [5.41, 5.74) is 2.53. The van der Waals surface area contributed by atoms with Gasteiger partial charge in [0.05, 0.1) is 34.6 Å². The number of pyridine rings is 1. The van der Waals surface area contributed by atoms with Crippen LogP contribution in [0.15, 0.2) is 36.7 Å². The van der Waals surface area contributed by atoms with Gasteiger partial charge in [-0.3, -0.25) is 14.7 Å². The van der Waals surface area contributed by atoms with Gasteiger partial charge in [-0.05, 0) is 62.9 Å². The lowest BCUT2D eigenvalue weighted by Gasteiger charge is -2.33. The Labute approximate surface area is 194 Å². The molecule has 9 heteroatoms. The summed E-state index contributed by atoms with van der Waals surface area (Å²) in [4.78, 5) is 21.5. The molecule has 3 aliphatic rings. The maximum absolute atomic E-state index is 13.3. The molecule has 2 aromatic rings. The molecular weight excluding hydrogens is 448 g/mol. The predicted molar refractivity (Wildman–Crippen MR) is 126 cm³/mol. The summed E-state index contributed by atoms with van der Waals surface area (Å²) in [5, 5.41) is 0.417. The Hall–Kier alpha value is -2.16. The van der Waals surface area contributed by atoms with E-state index in [1.807, 2.05) is 33.0 Å². The number of hydrogen-bond donors (Lipinski definition) is 0. The summed E-state index contributed by atoms with van der Waals surface area (Å²) in [7, 11) is -1.20. The molecule has 1 amide bonds. The first-order valence-corrected chi connectivity index (χ1v) is 12.8. The number of anilines is 2. The number of fused-ring (bicyclic) bond motifs is 1. The Bertz CT molecular complexity index is 1200. The van der Waals surface area contributed by atoms with E-state index in [4.69, 9.17) is 11.6 Å². The highest BCUT2D eigenvalue weighted by atomic mass is 35.5. The quantitative estimate of drug-likeness (QED) is 0.661. The van der Waals surface area contributed by atoms with Crippen molar-refractivity contribution in [3.63, 3.8) is 0 Å². The molecule has 2 aliphatic heterocycles. The van der Waals surface area contributed by atoms with Gasteiger partial charge in [-0.2, -0.15) is 4.31 Å². The minimum absolute atomic E-state index is 0.0684. The summed E-state index contributed by atoms with van der Waals surface area (Å²) in [6.45, 7) is 5.04. The zero-order valence-electron chi connectivity index (χ0n) is 18.5. The lowest BCUT2D eigenvalue weighted by molar-refractivity contribution is 0.0982. The van der Waals surface area contributed by atoms with Crippen molar-refractivity contribution >= 4 is 38.9 Å². The van der Waals surface area contributed by atoms with Crippen molar-refractivity contribution < 1.29 is 13.2 Å². The molecule has 0 spiro atoms. The van der Waals surface area contributed by atoms with E-state index < -0.39 is 15.6 Å². The molecule has 0 unspecified atom stereocenters. The second-order valence-electron chi connectivity index (χ2n) is 9.45. The van der Waals surface area contributed by atoms with Crippen LogP contribution in [0.5, 0.6) is 0 Å². The summed E-state index contributed by atoms with van der Waals surface area (Å²) in [5.74, 6) is -0.0779. The largest absolute Gasteiger partial charge is 0.369 e. The van der Waals surface area contributed by atoms with E-state index in [-0.39, 0.29) is 17.2 Å². The van der Waals surface area contributed by atoms with Gasteiger partial charge < -0.3 is 4.90 Å². The molecule has 0 radical (unpaired) electrons. The lowest BCUT2D eigenvalue weighted by atomic mass is 9.93. The summed E-state index contributed by atoms with van der Waals surface area (Å²) >= 11 is 6.20. The van der Waals surface area contributed by atoms with Crippen molar-refractivity contribution in [2.24, 2.45) is 0 Å². The Morgan fingerprint density at radius 2 is 1.91 bits per heavy atom. The fourth-order valence-corrected chi connectivity index (χ4v) is 6.99. The van der Waals surface area contributed by atoms with Crippen LogP contribution in [0, 0.1) is 0 Å². The molecule has 1 aromatic heterocycles. The number of likely N-dealkylation sites (N-methyl/N-ethyl adjacent to an activating group) is 1. The summed E-state index contributed by atoms with van der Waals surface area (Å²) in [6.07, 6.45) is 5.78. The van der Waals surface area contributed by atoms with Gasteiger partial charge >= 0.3 is 0 Å². The summed E-state index contributed by atoms with van der Waals surface area (Å²) < 4.78 is 26.9. The molecule has 2 fully saturated rings. The lowest BCUT2D eigenvalue weighted by Crippen LogP contribution is -2.40. The highest BCUT2D eigenvalue weighted by Gasteiger charge is 2.45. The van der Waals surface area contributed by atoms with Gasteiger partial charge in [-0.25, -0.2) is 8.42 Å². The highest BCUT2D eigenvalue weighted by molar-refractivity contribution is 7.90. The number of sulfonamides is 1. The zero-order chi connectivity index (χ0) is 22.8. The average Bonchev–Trinajstić information content (AvgIpc) is 3.46. The van der Waals surface area contributed by atoms with Crippen LogP contribution in [-0.4, -0.2) is 55.0 Å². The first-order valence-electron chi connectivity index (χ1n) is 10.9. The van der Waals surface area contributed by atoms with Crippen LogP contribution < -0.4 is 9.80 Å². The molecular formula is C23H27ClN4O3S. The van der Waals surface area contributed by atoms with Crippen LogP contribution in [0.3, 0.4) is 0 Å². The van der Waals surface area contributed by atoms with Crippen LogP contribution in [-0.2, 0) is 15.6 Å². The zero-order valence-corrected chi connectivity index (χ0v) is 20.0. The predicted octanol–water partition coefficient (Wildman–Crippen LogP) is 3.63. The second kappa shape index (κ2) is 7.43. The number of hydrogen-bond acceptors (Lipinski definition) is 5. The fourth-order valence-electron chi connectivity index (χ4n) is 4.92. The van der Waals surface area contributed by atoms with Gasteiger partial charge in [0, 0.05) is 36.8 Å². The molecule has 170 valence electrons. The van der Waals surface area contributed by atoms with Crippen molar-refractivity contribution in [1.29, 1.82) is 0 Å². The number of benzene rings is 1. The number of carbonyl (C=O) groups excluding carboxylic acids is 1. The van der Waals surface area contributed by atoms with Crippen molar-refractivity contribution in [1.82, 2.24) is 9.29 Å². The molecule has 1 saturated carbocycles. The maximum Gasteiger partial charge on any atom is 0.259 e. The van der Waals surface area contributed by atoms with Gasteiger partial charge in [-0.15, -0.1) is 0 Å². The van der Waals surface area contributed by atoms with Gasteiger partial charge in [0.1, 0.15) is 0 Å². The molecule has 32 heavy (non-hydrogen) atoms. The van der Waals surface area contributed by atoms with E-state index in [0.717, 1.165) is 30.5 Å². The minimum Gasteiger partial charge on any atom is -0.369 e. The highest BCUT2D eigenvalue weighted by Crippen LogP contribution is 2.43. The number of aromatic nitrogens is 1. The molecule has 1 aliphatic carbocycles. The molecule has 1 aromatic carbocycles. The van der Waals surface area contributed by atoms with Crippen molar-refractivity contribution in [3.8, 4) is 0 Å². The molecule has 1 saturated heterocycles. The van der Waals surface area contributed by atoms with Crippen molar-refractivity contribution in [2.75, 3.05) is 29.9 Å². The third-order valence-corrected chi connectivity index (χ3v) is 9.59. The van der Waals surface area contributed by atoms with E-state index in [1.54, 1.807) is 33.7 Å². The number of amides is 1. The fraction of sp³-hybridized carbons (Fsp3) is 0.478. The Morgan fingerprint density at radius 3 is 2.62 bits per heavy atom. The van der Waals surface area contributed by atoms with Crippen LogP contribution in [0.1, 0.15) is 49.0 Å². The normalized spacial score (nSPS) is 22.9. The monoisotopic (exact) mass is 474 g/mol. The van der Waals surface area contributed by atoms with Gasteiger partial charge in [-0.1, -0.05) is 11.6 Å². The second-order valence-corrected chi connectivity index (χ2v) is 12.1. The topological polar surface area (TPSA) is 73.8 Å². The number of carbonyl (C=O) groups is 1. The SMILES string of the molecule is CN(c1cncc(N2C(=O)c3ccc(Cl)cc3C2(C)C)c1)[C@H]1CCN(S(=O)(=O)C2CC2)C1. The number of nitrogens with zero attached hydrogens (tertiary/aromatic N) is 4. The average molecular weight is 475 g/mol. The first-order chi connectivity index (χ1) is 15.1. The van der Waals surface area contributed by atoms with E-state index >= 15 is 0 Å². The number of halogens is 1. The van der Waals surface area contributed by atoms with E-state index in [2.05, 4.69) is 9.88 Å². The third kappa shape index (κ3) is 3.40. The minimum atomic E-state index is -3.16. The van der Waals surface area contributed by atoms with Crippen LogP contribution >= 0.6 is 11.6 Å². The van der Waals surface area contributed by atoms with Crippen LogP contribution in [0.25, 0.3) is 0 Å². The molecule has 1 atom stereocenters. The Morgan fingerprint density at radius 1 is 1.16 bits per heavy atom. The third-order valence-electron chi connectivity index (χ3n) is 6.99. The summed E-state index contributed by atoms with van der Waals surface area (Å²) in [6, 6.07) is 7.39. The first kappa shape index (κ1) is 21.7. The van der Waals surface area contributed by atoms with Crippen LogP contribution in [0.4, 0.5) is 11.4 Å².